The van der Waals surface area contributed by atoms with Crippen LogP contribution >= 0.6 is 0 Å². The standard InChI is InChI=1S/C6H13N3O2/c7-3-1-2-5(6(10)11)9-4-8/h4-5H,1-3,7H2,(H2,8,9)(H,10,11)/t5-/m1/s1. The molecule has 0 saturated heterocycles. The van der Waals surface area contributed by atoms with Gasteiger partial charge in [0.1, 0.15) is 6.04 Å². The molecule has 0 unspecified atom stereocenters. The van der Waals surface area contributed by atoms with Crippen molar-refractivity contribution in [2.24, 2.45) is 16.5 Å². The minimum atomic E-state index is -0.958. The number of carboxylic acids is 1. The first-order valence-corrected chi connectivity index (χ1v) is 3.38. The van der Waals surface area contributed by atoms with Crippen LogP contribution in [0.3, 0.4) is 0 Å². The molecule has 1 atom stereocenters. The maximum Gasteiger partial charge on any atom is 0.328 e. The second-order valence-corrected chi connectivity index (χ2v) is 2.08. The van der Waals surface area contributed by atoms with E-state index in [1.54, 1.807) is 0 Å². The molecular formula is C6H13N3O2. The van der Waals surface area contributed by atoms with E-state index < -0.39 is 12.0 Å². The maximum absolute atomic E-state index is 10.4. The number of nitrogens with two attached hydrogens (primary N) is 2. The first-order chi connectivity index (χ1) is 5.22. The highest BCUT2D eigenvalue weighted by Crippen LogP contribution is 2.00. The number of aliphatic imine (C=N–C) groups is 1. The summed E-state index contributed by atoms with van der Waals surface area (Å²) in [7, 11) is 0. The van der Waals surface area contributed by atoms with Gasteiger partial charge in [0.05, 0.1) is 6.34 Å². The van der Waals surface area contributed by atoms with E-state index in [2.05, 4.69) is 4.99 Å². The Labute approximate surface area is 65.1 Å². The Bertz CT molecular complexity index is 147. The van der Waals surface area contributed by atoms with Crippen LogP contribution in [0.4, 0.5) is 0 Å². The quantitative estimate of drug-likeness (QED) is 0.359. The van der Waals surface area contributed by atoms with Crippen LogP contribution in [-0.2, 0) is 4.79 Å². The van der Waals surface area contributed by atoms with Gasteiger partial charge in [-0.25, -0.2) is 4.79 Å². The van der Waals surface area contributed by atoms with Crippen molar-refractivity contribution in [2.75, 3.05) is 6.54 Å². The molecule has 0 radical (unpaired) electrons. The molecule has 0 fully saturated rings. The van der Waals surface area contributed by atoms with Crippen molar-refractivity contribution in [1.82, 2.24) is 0 Å². The average Bonchev–Trinajstić information content (AvgIpc) is 1.97. The van der Waals surface area contributed by atoms with Gasteiger partial charge in [-0.15, -0.1) is 0 Å². The van der Waals surface area contributed by atoms with Crippen LogP contribution in [0.25, 0.3) is 0 Å². The number of nitrogens with zero attached hydrogens (tertiary/aromatic N) is 1. The molecule has 0 bridgehead atoms. The zero-order valence-corrected chi connectivity index (χ0v) is 6.23. The van der Waals surface area contributed by atoms with Crippen molar-refractivity contribution in [3.05, 3.63) is 0 Å². The van der Waals surface area contributed by atoms with Crippen LogP contribution in [0.5, 0.6) is 0 Å². The molecule has 0 saturated carbocycles. The number of carboxylic acid groups (broad SMARTS) is 1. The summed E-state index contributed by atoms with van der Waals surface area (Å²) in [5.74, 6) is -0.958. The molecule has 0 aromatic heterocycles. The van der Waals surface area contributed by atoms with Crippen molar-refractivity contribution >= 4 is 12.3 Å². The second kappa shape index (κ2) is 5.67. The molecular weight excluding hydrogens is 146 g/mol. The lowest BCUT2D eigenvalue weighted by molar-refractivity contribution is -0.138. The van der Waals surface area contributed by atoms with E-state index in [4.69, 9.17) is 16.6 Å². The van der Waals surface area contributed by atoms with Gasteiger partial charge in [-0.3, -0.25) is 4.99 Å². The number of hydrogen-bond acceptors (Lipinski definition) is 3. The highest BCUT2D eigenvalue weighted by atomic mass is 16.4. The Morgan fingerprint density at radius 1 is 1.73 bits per heavy atom. The van der Waals surface area contributed by atoms with Gasteiger partial charge in [0.15, 0.2) is 0 Å². The summed E-state index contributed by atoms with van der Waals surface area (Å²) in [6.45, 7) is 0.476. The lowest BCUT2D eigenvalue weighted by atomic mass is 10.2. The normalized spacial score (nSPS) is 13.5. The minimum absolute atomic E-state index is 0.444. The fourth-order valence-electron chi connectivity index (χ4n) is 0.677. The Hall–Kier alpha value is -1.10. The van der Waals surface area contributed by atoms with Gasteiger partial charge in [-0.1, -0.05) is 0 Å². The summed E-state index contributed by atoms with van der Waals surface area (Å²) in [5, 5.41) is 8.52. The van der Waals surface area contributed by atoms with Gasteiger partial charge in [-0.2, -0.15) is 0 Å². The van der Waals surface area contributed by atoms with Gasteiger partial charge in [0.2, 0.25) is 0 Å². The zero-order valence-electron chi connectivity index (χ0n) is 6.23. The van der Waals surface area contributed by atoms with E-state index in [0.29, 0.717) is 19.4 Å². The molecule has 0 aliphatic rings. The van der Waals surface area contributed by atoms with Gasteiger partial charge >= 0.3 is 5.97 Å². The lowest BCUT2D eigenvalue weighted by Gasteiger charge is -2.04. The molecule has 5 N–H and O–H groups in total. The van der Waals surface area contributed by atoms with E-state index in [1.807, 2.05) is 0 Å². The minimum Gasteiger partial charge on any atom is -0.480 e. The summed E-state index contributed by atoms with van der Waals surface area (Å²) in [6.07, 6.45) is 2.10. The van der Waals surface area contributed by atoms with Crippen molar-refractivity contribution < 1.29 is 9.90 Å². The van der Waals surface area contributed by atoms with Crippen molar-refractivity contribution in [1.29, 1.82) is 0 Å². The lowest BCUT2D eigenvalue weighted by Crippen LogP contribution is -2.20. The van der Waals surface area contributed by atoms with E-state index in [1.165, 1.54) is 0 Å². The molecule has 0 amide bonds. The molecule has 0 aliphatic carbocycles. The Kier molecular flexibility index (Phi) is 5.10. The second-order valence-electron chi connectivity index (χ2n) is 2.08. The van der Waals surface area contributed by atoms with Gasteiger partial charge in [-0.05, 0) is 19.4 Å². The van der Waals surface area contributed by atoms with Crippen LogP contribution in [0, 0.1) is 0 Å². The van der Waals surface area contributed by atoms with Crippen molar-refractivity contribution in [3.8, 4) is 0 Å². The third kappa shape index (κ3) is 4.32. The fourth-order valence-corrected chi connectivity index (χ4v) is 0.677. The highest BCUT2D eigenvalue weighted by Gasteiger charge is 2.13. The number of hydrogen-bond donors (Lipinski definition) is 3. The summed E-state index contributed by atoms with van der Waals surface area (Å²) >= 11 is 0. The monoisotopic (exact) mass is 159 g/mol. The predicted molar refractivity (Wildman–Crippen MR) is 42.4 cm³/mol. The van der Waals surface area contributed by atoms with Crippen LogP contribution in [0.15, 0.2) is 4.99 Å². The van der Waals surface area contributed by atoms with Crippen LogP contribution in [0.2, 0.25) is 0 Å². The molecule has 5 nitrogen and oxygen atoms in total. The smallest absolute Gasteiger partial charge is 0.328 e. The zero-order chi connectivity index (χ0) is 8.69. The number of carbonyl (C=O) groups is 1. The number of rotatable bonds is 5. The van der Waals surface area contributed by atoms with Crippen LogP contribution in [0.1, 0.15) is 12.8 Å². The Morgan fingerprint density at radius 3 is 2.73 bits per heavy atom. The summed E-state index contributed by atoms with van der Waals surface area (Å²) in [5.41, 5.74) is 10.1. The van der Waals surface area contributed by atoms with Crippen molar-refractivity contribution in [3.63, 3.8) is 0 Å². The first kappa shape index (κ1) is 9.90. The Balaban J connectivity index is 3.79. The molecule has 0 aromatic rings. The molecule has 64 valence electrons. The van der Waals surface area contributed by atoms with Gasteiger partial charge in [0.25, 0.3) is 0 Å². The fraction of sp³-hybridized carbons (Fsp3) is 0.667. The predicted octanol–water partition coefficient (Wildman–Crippen LogP) is -0.834. The maximum atomic E-state index is 10.4. The van der Waals surface area contributed by atoms with E-state index in [9.17, 15) is 4.79 Å². The molecule has 0 rings (SSSR count). The summed E-state index contributed by atoms with van der Waals surface area (Å²) < 4.78 is 0. The highest BCUT2D eigenvalue weighted by molar-refractivity contribution is 5.75. The summed E-state index contributed by atoms with van der Waals surface area (Å²) in [4.78, 5) is 13.9. The molecule has 5 heteroatoms. The van der Waals surface area contributed by atoms with E-state index >= 15 is 0 Å². The molecule has 0 heterocycles. The molecule has 0 spiro atoms. The first-order valence-electron chi connectivity index (χ1n) is 3.38. The van der Waals surface area contributed by atoms with Crippen LogP contribution < -0.4 is 11.5 Å². The molecule has 0 aliphatic heterocycles. The Morgan fingerprint density at radius 2 is 2.36 bits per heavy atom. The number of aliphatic carboxylic acids is 1. The van der Waals surface area contributed by atoms with E-state index in [-0.39, 0.29) is 0 Å². The van der Waals surface area contributed by atoms with Crippen molar-refractivity contribution in [2.45, 2.75) is 18.9 Å². The van der Waals surface area contributed by atoms with E-state index in [0.717, 1.165) is 6.34 Å². The summed E-state index contributed by atoms with van der Waals surface area (Å²) in [6, 6.07) is -0.733. The largest absolute Gasteiger partial charge is 0.480 e. The SMILES string of the molecule is NC=N[C@H](CCCN)C(=O)O. The third-order valence-corrected chi connectivity index (χ3v) is 1.23. The van der Waals surface area contributed by atoms with Crippen LogP contribution in [-0.4, -0.2) is 30.0 Å². The van der Waals surface area contributed by atoms with Gasteiger partial charge in [0, 0.05) is 0 Å². The average molecular weight is 159 g/mol. The van der Waals surface area contributed by atoms with Gasteiger partial charge < -0.3 is 16.6 Å². The topological polar surface area (TPSA) is 102 Å². The molecule has 0 aromatic carbocycles. The molecule has 11 heavy (non-hydrogen) atoms. The third-order valence-electron chi connectivity index (χ3n) is 1.23.